The van der Waals surface area contributed by atoms with Crippen molar-refractivity contribution in [2.45, 2.75) is 52.2 Å². The fourth-order valence-corrected chi connectivity index (χ4v) is 2.81. The molecule has 2 heterocycles. The van der Waals surface area contributed by atoms with E-state index in [0.717, 1.165) is 30.5 Å². The van der Waals surface area contributed by atoms with E-state index in [2.05, 4.69) is 4.98 Å². The van der Waals surface area contributed by atoms with E-state index in [1.165, 1.54) is 0 Å². The van der Waals surface area contributed by atoms with Gasteiger partial charge in [-0.05, 0) is 57.7 Å². The van der Waals surface area contributed by atoms with Crippen LogP contribution in [-0.2, 0) is 4.74 Å². The van der Waals surface area contributed by atoms with E-state index in [-0.39, 0.29) is 12.1 Å². The summed E-state index contributed by atoms with van der Waals surface area (Å²) in [5.74, 6) is 0. The lowest BCUT2D eigenvalue weighted by Crippen LogP contribution is -2.36. The minimum atomic E-state index is -0.462. The molecule has 5 heteroatoms. The van der Waals surface area contributed by atoms with Crippen LogP contribution < -0.4 is 0 Å². The maximum Gasteiger partial charge on any atom is 0.410 e. The van der Waals surface area contributed by atoms with Gasteiger partial charge >= 0.3 is 6.09 Å². The van der Waals surface area contributed by atoms with Crippen LogP contribution in [0.15, 0.2) is 12.3 Å². The third kappa shape index (κ3) is 3.39. The van der Waals surface area contributed by atoms with Gasteiger partial charge in [0.2, 0.25) is 0 Å². The van der Waals surface area contributed by atoms with E-state index in [1.54, 1.807) is 0 Å². The first kappa shape index (κ1) is 15.0. The second-order valence-electron chi connectivity index (χ2n) is 6.27. The molecule has 0 unspecified atom stereocenters. The van der Waals surface area contributed by atoms with Crippen LogP contribution in [0.2, 0.25) is 0 Å². The maximum absolute atomic E-state index is 12.3. The fraction of sp³-hybridized carbons (Fsp3) is 0.600. The first-order valence-electron chi connectivity index (χ1n) is 6.97. The number of H-pyrrole nitrogens is 1. The number of pyridine rings is 1. The Balaban J connectivity index is 2.23. The van der Waals surface area contributed by atoms with E-state index < -0.39 is 5.60 Å². The van der Waals surface area contributed by atoms with Crippen molar-refractivity contribution in [2.24, 2.45) is 0 Å². The number of hydrogen-bond donors (Lipinski definition) is 1. The lowest BCUT2D eigenvalue weighted by Gasteiger charge is -2.29. The van der Waals surface area contributed by atoms with E-state index in [1.807, 2.05) is 44.9 Å². The van der Waals surface area contributed by atoms with Crippen LogP contribution in [0.1, 0.15) is 50.8 Å². The highest BCUT2D eigenvalue weighted by atomic mass is 32.1. The molecule has 0 spiro atoms. The second kappa shape index (κ2) is 5.56. The molecule has 1 atom stereocenters. The highest BCUT2D eigenvalue weighted by molar-refractivity contribution is 7.71. The number of rotatable bonds is 1. The van der Waals surface area contributed by atoms with Crippen molar-refractivity contribution in [3.8, 4) is 0 Å². The average molecular weight is 294 g/mol. The molecule has 0 aromatic carbocycles. The van der Waals surface area contributed by atoms with Gasteiger partial charge in [-0.2, -0.15) is 0 Å². The molecule has 1 N–H and O–H groups in total. The Bertz CT molecular complexity index is 560. The smallest absolute Gasteiger partial charge is 0.410 e. The van der Waals surface area contributed by atoms with Gasteiger partial charge < -0.3 is 14.6 Å². The van der Waals surface area contributed by atoms with Crippen LogP contribution in [0.25, 0.3) is 0 Å². The van der Waals surface area contributed by atoms with Gasteiger partial charge in [0.1, 0.15) is 10.2 Å². The molecule has 1 saturated heterocycles. The van der Waals surface area contributed by atoms with Crippen LogP contribution in [0.4, 0.5) is 4.79 Å². The van der Waals surface area contributed by atoms with Gasteiger partial charge in [-0.25, -0.2) is 4.79 Å². The first-order chi connectivity index (χ1) is 9.28. The summed E-state index contributed by atoms with van der Waals surface area (Å²) < 4.78 is 6.21. The highest BCUT2D eigenvalue weighted by Gasteiger charge is 2.33. The van der Waals surface area contributed by atoms with Gasteiger partial charge in [0.25, 0.3) is 0 Å². The molecule has 4 nitrogen and oxygen atoms in total. The molecular weight excluding hydrogens is 272 g/mol. The Morgan fingerprint density at radius 1 is 1.50 bits per heavy atom. The van der Waals surface area contributed by atoms with Crippen molar-refractivity contribution in [3.63, 3.8) is 0 Å². The maximum atomic E-state index is 12.3. The van der Waals surface area contributed by atoms with Gasteiger partial charge in [0, 0.05) is 12.7 Å². The van der Waals surface area contributed by atoms with E-state index in [0.29, 0.717) is 4.64 Å². The predicted molar refractivity (Wildman–Crippen MR) is 81.3 cm³/mol. The minimum absolute atomic E-state index is 0.0803. The topological polar surface area (TPSA) is 45.3 Å². The van der Waals surface area contributed by atoms with Gasteiger partial charge in [-0.1, -0.05) is 12.2 Å². The Morgan fingerprint density at radius 3 is 2.80 bits per heavy atom. The van der Waals surface area contributed by atoms with E-state index >= 15 is 0 Å². The van der Waals surface area contributed by atoms with Gasteiger partial charge in [0.05, 0.1) is 6.04 Å². The number of nitrogens with one attached hydrogen (secondary N) is 1. The van der Waals surface area contributed by atoms with Crippen molar-refractivity contribution >= 4 is 18.3 Å². The lowest BCUT2D eigenvalue weighted by atomic mass is 10.0. The Morgan fingerprint density at radius 2 is 2.20 bits per heavy atom. The third-order valence-electron chi connectivity index (χ3n) is 3.41. The van der Waals surface area contributed by atoms with Crippen LogP contribution in [-0.4, -0.2) is 28.1 Å². The summed E-state index contributed by atoms with van der Waals surface area (Å²) in [6, 6.07) is 2.02. The number of aromatic amines is 1. The fourth-order valence-electron chi connectivity index (χ4n) is 2.57. The molecule has 1 aliphatic rings. The third-order valence-corrected chi connectivity index (χ3v) is 3.65. The number of ether oxygens (including phenoxy) is 1. The lowest BCUT2D eigenvalue weighted by molar-refractivity contribution is 0.0224. The van der Waals surface area contributed by atoms with Crippen molar-refractivity contribution in [1.82, 2.24) is 9.88 Å². The molecule has 1 aromatic heterocycles. The van der Waals surface area contributed by atoms with Crippen molar-refractivity contribution in [3.05, 3.63) is 28.0 Å². The average Bonchev–Trinajstić information content (AvgIpc) is 2.75. The molecule has 0 bridgehead atoms. The highest BCUT2D eigenvalue weighted by Crippen LogP contribution is 2.34. The number of aryl methyl sites for hydroxylation is 1. The predicted octanol–water partition coefficient (Wildman–Crippen LogP) is 4.12. The molecule has 0 radical (unpaired) electrons. The molecule has 2 rings (SSSR count). The van der Waals surface area contributed by atoms with Crippen LogP contribution in [0.5, 0.6) is 0 Å². The SMILES string of the molecule is Cc1cc(=S)[nH]cc1[C@@H]1CCCN1C(=O)OC(C)(C)C. The second-order valence-corrected chi connectivity index (χ2v) is 6.71. The summed E-state index contributed by atoms with van der Waals surface area (Å²) in [5.41, 5.74) is 1.78. The molecule has 0 saturated carbocycles. The molecule has 0 aliphatic carbocycles. The number of likely N-dealkylation sites (tertiary alicyclic amines) is 1. The summed E-state index contributed by atoms with van der Waals surface area (Å²) in [4.78, 5) is 17.2. The monoisotopic (exact) mass is 294 g/mol. The number of aromatic nitrogens is 1. The zero-order valence-electron chi connectivity index (χ0n) is 12.5. The molecule has 110 valence electrons. The molecule has 1 amide bonds. The molecule has 1 aromatic rings. The van der Waals surface area contributed by atoms with Crippen LogP contribution in [0.3, 0.4) is 0 Å². The van der Waals surface area contributed by atoms with Gasteiger partial charge in [-0.15, -0.1) is 0 Å². The standard InChI is InChI=1S/C15H22N2O2S/c1-10-8-13(20)16-9-11(10)12-6-5-7-17(12)14(18)19-15(2,3)4/h8-9,12H,5-7H2,1-4H3,(H,16,20)/t12-/m0/s1. The Hall–Kier alpha value is -1.36. The molecular formula is C15H22N2O2S. The van der Waals surface area contributed by atoms with Gasteiger partial charge in [-0.3, -0.25) is 0 Å². The van der Waals surface area contributed by atoms with E-state index in [4.69, 9.17) is 17.0 Å². The van der Waals surface area contributed by atoms with E-state index in [9.17, 15) is 4.79 Å². The summed E-state index contributed by atoms with van der Waals surface area (Å²) in [7, 11) is 0. The zero-order chi connectivity index (χ0) is 14.9. The van der Waals surface area contributed by atoms with Gasteiger partial charge in [0.15, 0.2) is 0 Å². The van der Waals surface area contributed by atoms with Crippen molar-refractivity contribution < 1.29 is 9.53 Å². The number of carbonyl (C=O) groups excluding carboxylic acids is 1. The summed E-state index contributed by atoms with van der Waals surface area (Å²) >= 11 is 5.13. The summed E-state index contributed by atoms with van der Waals surface area (Å²) in [6.45, 7) is 8.45. The number of hydrogen-bond acceptors (Lipinski definition) is 3. The number of amides is 1. The quantitative estimate of drug-likeness (QED) is 0.792. The van der Waals surface area contributed by atoms with Crippen LogP contribution in [0, 0.1) is 11.6 Å². The van der Waals surface area contributed by atoms with Crippen molar-refractivity contribution in [2.75, 3.05) is 6.54 Å². The molecule has 20 heavy (non-hydrogen) atoms. The summed E-state index contributed by atoms with van der Waals surface area (Å²) in [6.07, 6.45) is 3.65. The largest absolute Gasteiger partial charge is 0.444 e. The molecule has 1 fully saturated rings. The zero-order valence-corrected chi connectivity index (χ0v) is 13.3. The minimum Gasteiger partial charge on any atom is -0.444 e. The molecule has 1 aliphatic heterocycles. The number of carbonyl (C=O) groups is 1. The van der Waals surface area contributed by atoms with Crippen LogP contribution >= 0.6 is 12.2 Å². The Kier molecular flexibility index (Phi) is 4.18. The normalized spacial score (nSPS) is 19.2. The van der Waals surface area contributed by atoms with Crippen molar-refractivity contribution in [1.29, 1.82) is 0 Å². The summed E-state index contributed by atoms with van der Waals surface area (Å²) in [5, 5.41) is 0. The Labute approximate surface area is 125 Å². The first-order valence-corrected chi connectivity index (χ1v) is 7.37. The number of nitrogens with zero attached hydrogens (tertiary/aromatic N) is 1.